The van der Waals surface area contributed by atoms with Crippen LogP contribution in [0.2, 0.25) is 0 Å². The summed E-state index contributed by atoms with van der Waals surface area (Å²) in [5.41, 5.74) is 9.73. The van der Waals surface area contributed by atoms with Gasteiger partial charge in [-0.2, -0.15) is 0 Å². The van der Waals surface area contributed by atoms with E-state index < -0.39 is 0 Å². The van der Waals surface area contributed by atoms with Crippen LogP contribution >= 0.6 is 0 Å². The Morgan fingerprint density at radius 2 is 1.39 bits per heavy atom. The molecule has 0 saturated carbocycles. The first-order chi connectivity index (χ1) is 8.74. The first kappa shape index (κ1) is 12.7. The molecule has 0 aliphatic carbocycles. The number of hydrogen-bond donors (Lipinski definition) is 1. The van der Waals surface area contributed by atoms with Gasteiger partial charge in [-0.1, -0.05) is 62.4 Å². The fourth-order valence-electron chi connectivity index (χ4n) is 2.88. The highest BCUT2D eigenvalue weighted by molar-refractivity contribution is 5.55. The van der Waals surface area contributed by atoms with Crippen LogP contribution in [-0.2, 0) is 5.41 Å². The lowest BCUT2D eigenvalue weighted by Gasteiger charge is -2.34. The minimum atomic E-state index is 0.0343. The summed E-state index contributed by atoms with van der Waals surface area (Å²) in [4.78, 5) is 0. The number of benzene rings is 2. The van der Waals surface area contributed by atoms with Crippen molar-refractivity contribution >= 4 is 5.69 Å². The smallest absolute Gasteiger partial charge is 0.0355 e. The highest BCUT2D eigenvalue weighted by Crippen LogP contribution is 2.41. The van der Waals surface area contributed by atoms with Crippen molar-refractivity contribution in [3.8, 4) is 0 Å². The Labute approximate surface area is 110 Å². The van der Waals surface area contributed by atoms with Crippen LogP contribution in [0.3, 0.4) is 0 Å². The zero-order chi connectivity index (χ0) is 13.0. The molecule has 2 aromatic carbocycles. The van der Waals surface area contributed by atoms with Gasteiger partial charge in [0.1, 0.15) is 0 Å². The highest BCUT2D eigenvalue weighted by atomic mass is 14.6. The molecule has 0 saturated heterocycles. The van der Waals surface area contributed by atoms with Gasteiger partial charge >= 0.3 is 0 Å². The van der Waals surface area contributed by atoms with E-state index in [1.807, 2.05) is 12.1 Å². The van der Waals surface area contributed by atoms with Gasteiger partial charge in [0.2, 0.25) is 0 Å². The van der Waals surface area contributed by atoms with Crippen molar-refractivity contribution in [3.63, 3.8) is 0 Å². The Morgan fingerprint density at radius 1 is 0.833 bits per heavy atom. The molecule has 0 heterocycles. The SMILES string of the molecule is CCC(CC)(c1ccccc1)c1ccccc1N. The molecule has 2 aromatic rings. The Kier molecular flexibility index (Phi) is 3.71. The Balaban J connectivity index is 2.62. The quantitative estimate of drug-likeness (QED) is 0.787. The molecule has 1 heteroatoms. The summed E-state index contributed by atoms with van der Waals surface area (Å²) in [5.74, 6) is 0. The fourth-order valence-corrected chi connectivity index (χ4v) is 2.88. The summed E-state index contributed by atoms with van der Waals surface area (Å²) in [5, 5.41) is 0. The molecule has 0 fully saturated rings. The molecule has 18 heavy (non-hydrogen) atoms. The molecule has 0 spiro atoms. The zero-order valence-electron chi connectivity index (χ0n) is 11.2. The molecule has 0 aliphatic rings. The first-order valence-electron chi connectivity index (χ1n) is 6.65. The van der Waals surface area contributed by atoms with Crippen LogP contribution < -0.4 is 5.73 Å². The lowest BCUT2D eigenvalue weighted by Crippen LogP contribution is -2.27. The van der Waals surface area contributed by atoms with Crippen molar-refractivity contribution < 1.29 is 0 Å². The summed E-state index contributed by atoms with van der Waals surface area (Å²) in [6, 6.07) is 18.9. The summed E-state index contributed by atoms with van der Waals surface area (Å²) >= 11 is 0. The summed E-state index contributed by atoms with van der Waals surface area (Å²) in [7, 11) is 0. The Bertz CT molecular complexity index is 498. The predicted molar refractivity (Wildman–Crippen MR) is 78.7 cm³/mol. The fraction of sp³-hybridized carbons (Fsp3) is 0.294. The van der Waals surface area contributed by atoms with Crippen LogP contribution in [0.25, 0.3) is 0 Å². The van der Waals surface area contributed by atoms with Gasteiger partial charge in [-0.25, -0.2) is 0 Å². The second kappa shape index (κ2) is 5.26. The molecule has 2 N–H and O–H groups in total. The van der Waals surface area contributed by atoms with Crippen molar-refractivity contribution in [1.29, 1.82) is 0 Å². The number of anilines is 1. The minimum absolute atomic E-state index is 0.0343. The predicted octanol–water partition coefficient (Wildman–Crippen LogP) is 4.37. The number of hydrogen-bond acceptors (Lipinski definition) is 1. The summed E-state index contributed by atoms with van der Waals surface area (Å²) < 4.78 is 0. The molecule has 2 rings (SSSR count). The van der Waals surface area contributed by atoms with Gasteiger partial charge in [0, 0.05) is 11.1 Å². The van der Waals surface area contributed by atoms with Gasteiger partial charge in [0.05, 0.1) is 0 Å². The van der Waals surface area contributed by atoms with Crippen molar-refractivity contribution in [2.75, 3.05) is 5.73 Å². The molecular formula is C17H21N. The summed E-state index contributed by atoms with van der Waals surface area (Å²) in [6.07, 6.45) is 2.11. The molecule has 0 radical (unpaired) electrons. The Morgan fingerprint density at radius 3 is 1.94 bits per heavy atom. The van der Waals surface area contributed by atoms with E-state index in [1.165, 1.54) is 11.1 Å². The van der Waals surface area contributed by atoms with Crippen LogP contribution in [0.1, 0.15) is 37.8 Å². The van der Waals surface area contributed by atoms with Crippen molar-refractivity contribution in [3.05, 3.63) is 65.7 Å². The van der Waals surface area contributed by atoms with Gasteiger partial charge in [0.15, 0.2) is 0 Å². The third kappa shape index (κ3) is 2.01. The maximum Gasteiger partial charge on any atom is 0.0355 e. The van der Waals surface area contributed by atoms with E-state index in [2.05, 4.69) is 56.3 Å². The van der Waals surface area contributed by atoms with Crippen molar-refractivity contribution in [1.82, 2.24) is 0 Å². The molecule has 0 amide bonds. The molecule has 0 aromatic heterocycles. The van der Waals surface area contributed by atoms with Gasteiger partial charge < -0.3 is 5.73 Å². The number of nitrogens with two attached hydrogens (primary N) is 1. The topological polar surface area (TPSA) is 26.0 Å². The Hall–Kier alpha value is -1.76. The standard InChI is InChI=1S/C17H21N/c1-3-17(4-2,14-10-6-5-7-11-14)15-12-8-9-13-16(15)18/h5-13H,3-4,18H2,1-2H3. The van der Waals surface area contributed by atoms with Gasteiger partial charge in [-0.15, -0.1) is 0 Å². The van der Waals surface area contributed by atoms with Gasteiger partial charge in [-0.05, 0) is 30.0 Å². The van der Waals surface area contributed by atoms with E-state index in [-0.39, 0.29) is 5.41 Å². The highest BCUT2D eigenvalue weighted by Gasteiger charge is 2.31. The van der Waals surface area contributed by atoms with Gasteiger partial charge in [0.25, 0.3) is 0 Å². The molecule has 94 valence electrons. The van der Waals surface area contributed by atoms with Crippen molar-refractivity contribution in [2.24, 2.45) is 0 Å². The maximum absolute atomic E-state index is 6.20. The number of para-hydroxylation sites is 1. The lowest BCUT2D eigenvalue weighted by molar-refractivity contribution is 0.480. The van der Waals surface area contributed by atoms with E-state index in [0.29, 0.717) is 0 Å². The van der Waals surface area contributed by atoms with Crippen molar-refractivity contribution in [2.45, 2.75) is 32.1 Å². The van der Waals surface area contributed by atoms with Crippen LogP contribution in [0.4, 0.5) is 5.69 Å². The van der Waals surface area contributed by atoms with E-state index in [4.69, 9.17) is 5.73 Å². The molecule has 0 unspecified atom stereocenters. The van der Waals surface area contributed by atoms with Gasteiger partial charge in [-0.3, -0.25) is 0 Å². The average Bonchev–Trinajstić information content (AvgIpc) is 2.44. The zero-order valence-corrected chi connectivity index (χ0v) is 11.2. The second-order valence-electron chi connectivity index (χ2n) is 4.74. The maximum atomic E-state index is 6.20. The number of rotatable bonds is 4. The molecule has 0 atom stereocenters. The van der Waals surface area contributed by atoms with Crippen LogP contribution in [0.5, 0.6) is 0 Å². The third-order valence-corrected chi connectivity index (χ3v) is 4.01. The van der Waals surface area contributed by atoms with E-state index in [1.54, 1.807) is 0 Å². The normalized spacial score (nSPS) is 11.4. The van der Waals surface area contributed by atoms with Crippen LogP contribution in [0.15, 0.2) is 54.6 Å². The van der Waals surface area contributed by atoms with Crippen LogP contribution in [0, 0.1) is 0 Å². The van der Waals surface area contributed by atoms with E-state index >= 15 is 0 Å². The first-order valence-corrected chi connectivity index (χ1v) is 6.65. The molecule has 0 aliphatic heterocycles. The minimum Gasteiger partial charge on any atom is -0.398 e. The largest absolute Gasteiger partial charge is 0.398 e. The van der Waals surface area contributed by atoms with Crippen LogP contribution in [-0.4, -0.2) is 0 Å². The molecule has 0 bridgehead atoms. The molecular weight excluding hydrogens is 218 g/mol. The third-order valence-electron chi connectivity index (χ3n) is 4.01. The molecule has 1 nitrogen and oxygen atoms in total. The monoisotopic (exact) mass is 239 g/mol. The van der Waals surface area contributed by atoms with E-state index in [0.717, 1.165) is 18.5 Å². The number of nitrogen functional groups attached to an aromatic ring is 1. The van der Waals surface area contributed by atoms with E-state index in [9.17, 15) is 0 Å². The average molecular weight is 239 g/mol. The second-order valence-corrected chi connectivity index (χ2v) is 4.74. The summed E-state index contributed by atoms with van der Waals surface area (Å²) in [6.45, 7) is 4.48. The lowest BCUT2D eigenvalue weighted by atomic mass is 9.70.